The molecule has 0 spiro atoms. The number of amides is 1. The molecule has 0 aromatic heterocycles. The number of nitrogen functional groups attached to an aromatic ring is 1. The maximum absolute atomic E-state index is 11.0. The van der Waals surface area contributed by atoms with Gasteiger partial charge in [0, 0.05) is 16.9 Å². The number of carbonyl (C=O) groups is 1. The highest BCUT2D eigenvalue weighted by molar-refractivity contribution is 7.93. The molecule has 1 aromatic rings. The van der Waals surface area contributed by atoms with Gasteiger partial charge in [0.05, 0.1) is 5.56 Å². The van der Waals surface area contributed by atoms with Gasteiger partial charge in [-0.1, -0.05) is 12.1 Å². The van der Waals surface area contributed by atoms with Gasteiger partial charge in [0.15, 0.2) is 0 Å². The van der Waals surface area contributed by atoms with Crippen molar-refractivity contribution in [3.63, 3.8) is 0 Å². The fourth-order valence-electron chi connectivity index (χ4n) is 0.812. The zero-order valence-electron chi connectivity index (χ0n) is 6.15. The highest BCUT2D eigenvalue weighted by atomic mass is 32.2. The van der Waals surface area contributed by atoms with Crippen LogP contribution in [0.15, 0.2) is 29.2 Å². The van der Waals surface area contributed by atoms with Gasteiger partial charge in [0.1, 0.15) is 0 Å². The van der Waals surface area contributed by atoms with Crippen molar-refractivity contribution in [1.82, 2.24) is 5.43 Å². The van der Waals surface area contributed by atoms with E-state index in [1.807, 2.05) is 5.43 Å². The van der Waals surface area contributed by atoms with Crippen LogP contribution in [0.1, 0.15) is 10.4 Å². The summed E-state index contributed by atoms with van der Waals surface area (Å²) in [4.78, 5) is 11.5. The Morgan fingerprint density at radius 3 is 2.75 bits per heavy atom. The highest BCUT2D eigenvalue weighted by Gasteiger charge is 2.08. The molecular weight excluding hydrogens is 176 g/mol. The minimum Gasteiger partial charge on any atom is -0.325 e. The molecule has 0 aliphatic carbocycles. The van der Waals surface area contributed by atoms with Crippen molar-refractivity contribution in [2.45, 2.75) is 4.90 Å². The number of benzene rings is 1. The van der Waals surface area contributed by atoms with E-state index in [0.717, 1.165) is 0 Å². The molecule has 0 bridgehead atoms. The lowest BCUT2D eigenvalue weighted by Crippen LogP contribution is -2.30. The standard InChI is InChI=1S/C7H8N2O2S/c8-9-7(10)5-3-1-2-4-6(5)12-11/h1-4,11H,8H2,(H,9,10). The van der Waals surface area contributed by atoms with Crippen LogP contribution < -0.4 is 11.3 Å². The lowest BCUT2D eigenvalue weighted by atomic mass is 10.2. The Morgan fingerprint density at radius 2 is 2.17 bits per heavy atom. The number of hydrogen-bond acceptors (Lipinski definition) is 4. The number of nitrogens with one attached hydrogen (secondary N) is 1. The summed E-state index contributed by atoms with van der Waals surface area (Å²) in [6, 6.07) is 6.64. The van der Waals surface area contributed by atoms with Gasteiger partial charge in [0.25, 0.3) is 5.91 Å². The van der Waals surface area contributed by atoms with Crippen LogP contribution in [-0.2, 0) is 0 Å². The summed E-state index contributed by atoms with van der Waals surface area (Å²) in [6.07, 6.45) is 0. The van der Waals surface area contributed by atoms with Crippen molar-refractivity contribution < 1.29 is 9.35 Å². The van der Waals surface area contributed by atoms with Crippen LogP contribution >= 0.6 is 12.0 Å². The normalized spacial score (nSPS) is 9.50. The molecule has 0 saturated carbocycles. The Morgan fingerprint density at radius 1 is 1.50 bits per heavy atom. The predicted molar refractivity (Wildman–Crippen MR) is 46.6 cm³/mol. The first-order valence-corrected chi connectivity index (χ1v) is 3.98. The fourth-order valence-corrected chi connectivity index (χ4v) is 1.21. The maximum Gasteiger partial charge on any atom is 0.266 e. The number of nitrogens with two attached hydrogens (primary N) is 1. The van der Waals surface area contributed by atoms with Crippen LogP contribution in [0.3, 0.4) is 0 Å². The molecule has 12 heavy (non-hydrogen) atoms. The first-order valence-electron chi connectivity index (χ1n) is 3.21. The average molecular weight is 184 g/mol. The highest BCUT2D eigenvalue weighted by Crippen LogP contribution is 2.18. The summed E-state index contributed by atoms with van der Waals surface area (Å²) in [5.74, 6) is 4.53. The molecule has 0 radical (unpaired) electrons. The van der Waals surface area contributed by atoms with Crippen molar-refractivity contribution in [1.29, 1.82) is 0 Å². The zero-order chi connectivity index (χ0) is 8.97. The van der Waals surface area contributed by atoms with E-state index in [2.05, 4.69) is 0 Å². The Bertz CT molecular complexity index is 290. The molecule has 0 fully saturated rings. The van der Waals surface area contributed by atoms with Crippen LogP contribution in [0.4, 0.5) is 0 Å². The molecule has 0 aliphatic rings. The summed E-state index contributed by atoms with van der Waals surface area (Å²) < 4.78 is 8.76. The molecule has 1 aromatic carbocycles. The van der Waals surface area contributed by atoms with E-state index in [1.165, 1.54) is 0 Å². The average Bonchev–Trinajstić information content (AvgIpc) is 2.16. The molecular formula is C7H8N2O2S. The number of carbonyl (C=O) groups excluding carboxylic acids is 1. The lowest BCUT2D eigenvalue weighted by Gasteiger charge is -2.02. The van der Waals surface area contributed by atoms with E-state index < -0.39 is 5.91 Å². The second kappa shape index (κ2) is 4.10. The van der Waals surface area contributed by atoms with Gasteiger partial charge in [-0.3, -0.25) is 10.2 Å². The predicted octanol–water partition coefficient (Wildman–Crippen LogP) is 0.855. The van der Waals surface area contributed by atoms with E-state index in [1.54, 1.807) is 24.3 Å². The van der Waals surface area contributed by atoms with E-state index >= 15 is 0 Å². The topological polar surface area (TPSA) is 75.3 Å². The van der Waals surface area contributed by atoms with Gasteiger partial charge >= 0.3 is 0 Å². The van der Waals surface area contributed by atoms with E-state index in [9.17, 15) is 4.79 Å². The van der Waals surface area contributed by atoms with E-state index in [4.69, 9.17) is 10.4 Å². The molecule has 4 N–H and O–H groups in total. The van der Waals surface area contributed by atoms with Crippen LogP contribution in [0, 0.1) is 0 Å². The summed E-state index contributed by atoms with van der Waals surface area (Å²) in [5, 5.41) is 0. The summed E-state index contributed by atoms with van der Waals surface area (Å²) >= 11 is 0.523. The molecule has 0 aliphatic heterocycles. The number of hydrazine groups is 1. The van der Waals surface area contributed by atoms with Gasteiger partial charge in [-0.25, -0.2) is 5.84 Å². The minimum atomic E-state index is -0.410. The van der Waals surface area contributed by atoms with Gasteiger partial charge in [-0.2, -0.15) is 0 Å². The van der Waals surface area contributed by atoms with Crippen LogP contribution in [0.5, 0.6) is 0 Å². The quantitative estimate of drug-likeness (QED) is 0.276. The SMILES string of the molecule is NNC(=O)c1ccccc1SO. The second-order valence-electron chi connectivity index (χ2n) is 2.06. The molecule has 0 unspecified atom stereocenters. The van der Waals surface area contributed by atoms with Gasteiger partial charge in [-0.05, 0) is 12.1 Å². The Labute approximate surface area is 73.9 Å². The van der Waals surface area contributed by atoms with Gasteiger partial charge in [-0.15, -0.1) is 0 Å². The Kier molecular flexibility index (Phi) is 3.09. The Hall–Kier alpha value is -1.04. The van der Waals surface area contributed by atoms with Crippen LogP contribution in [0.2, 0.25) is 0 Å². The fraction of sp³-hybridized carbons (Fsp3) is 0. The monoisotopic (exact) mass is 184 g/mol. The zero-order valence-corrected chi connectivity index (χ0v) is 6.97. The van der Waals surface area contributed by atoms with Gasteiger partial charge in [0.2, 0.25) is 0 Å². The molecule has 64 valence electrons. The van der Waals surface area contributed by atoms with E-state index in [-0.39, 0.29) is 0 Å². The van der Waals surface area contributed by atoms with Crippen molar-refractivity contribution in [3.05, 3.63) is 29.8 Å². The largest absolute Gasteiger partial charge is 0.325 e. The second-order valence-corrected chi connectivity index (χ2v) is 2.68. The molecule has 0 heterocycles. The maximum atomic E-state index is 11.0. The van der Waals surface area contributed by atoms with Crippen molar-refractivity contribution in [2.24, 2.45) is 5.84 Å². The molecule has 0 atom stereocenters. The number of rotatable bonds is 2. The van der Waals surface area contributed by atoms with Gasteiger partial charge < -0.3 is 4.55 Å². The van der Waals surface area contributed by atoms with Crippen LogP contribution in [-0.4, -0.2) is 10.5 Å². The molecule has 1 rings (SSSR count). The van der Waals surface area contributed by atoms with E-state index in [0.29, 0.717) is 22.5 Å². The van der Waals surface area contributed by atoms with Crippen molar-refractivity contribution in [3.8, 4) is 0 Å². The Balaban J connectivity index is 3.04. The third-order valence-corrected chi connectivity index (χ3v) is 1.91. The van der Waals surface area contributed by atoms with Crippen molar-refractivity contribution >= 4 is 17.9 Å². The molecule has 5 heteroatoms. The third kappa shape index (κ3) is 1.76. The first-order chi connectivity index (χ1) is 5.79. The number of hydrogen-bond donors (Lipinski definition) is 3. The van der Waals surface area contributed by atoms with Crippen molar-refractivity contribution in [2.75, 3.05) is 0 Å². The smallest absolute Gasteiger partial charge is 0.266 e. The minimum absolute atomic E-state index is 0.368. The first kappa shape index (κ1) is 9.05. The summed E-state index contributed by atoms with van der Waals surface area (Å²) in [5.41, 5.74) is 2.36. The van der Waals surface area contributed by atoms with Crippen LogP contribution in [0.25, 0.3) is 0 Å². The summed E-state index contributed by atoms with van der Waals surface area (Å²) in [7, 11) is 0. The molecule has 1 amide bonds. The molecule has 0 saturated heterocycles. The lowest BCUT2D eigenvalue weighted by molar-refractivity contribution is 0.0950. The summed E-state index contributed by atoms with van der Waals surface area (Å²) in [6.45, 7) is 0. The molecule has 4 nitrogen and oxygen atoms in total. The third-order valence-electron chi connectivity index (χ3n) is 1.36.